The van der Waals surface area contributed by atoms with E-state index in [1.165, 1.54) is 0 Å². The van der Waals surface area contributed by atoms with Crippen LogP contribution in [0.5, 0.6) is 11.5 Å². The number of rotatable bonds is 6. The van der Waals surface area contributed by atoms with Crippen LogP contribution in [-0.2, 0) is 10.2 Å². The first kappa shape index (κ1) is 17.8. The Labute approximate surface area is 152 Å². The lowest BCUT2D eigenvalue weighted by Gasteiger charge is -2.25. The molecule has 3 rings (SSSR count). The van der Waals surface area contributed by atoms with Crippen LogP contribution in [-0.4, -0.2) is 31.7 Å². The van der Waals surface area contributed by atoms with Crippen molar-refractivity contribution in [2.75, 3.05) is 19.9 Å². The number of hydrogen-bond acceptors (Lipinski definition) is 4. The summed E-state index contributed by atoms with van der Waals surface area (Å²) >= 11 is 0. The molecule has 1 heterocycles. The molecule has 26 heavy (non-hydrogen) atoms. The predicted molar refractivity (Wildman–Crippen MR) is 97.4 cm³/mol. The van der Waals surface area contributed by atoms with Crippen LogP contribution in [0.2, 0.25) is 0 Å². The second-order valence-corrected chi connectivity index (χ2v) is 6.78. The van der Waals surface area contributed by atoms with Gasteiger partial charge in [0, 0.05) is 17.5 Å². The highest BCUT2D eigenvalue weighted by atomic mass is 16.7. The highest BCUT2D eigenvalue weighted by Gasteiger charge is 2.21. The quantitative estimate of drug-likeness (QED) is 0.834. The number of carbonyl (C=O) groups is 2. The third kappa shape index (κ3) is 4.14. The highest BCUT2D eigenvalue weighted by Crippen LogP contribution is 2.32. The van der Waals surface area contributed by atoms with Crippen LogP contribution < -0.4 is 20.1 Å². The highest BCUT2D eigenvalue weighted by molar-refractivity contribution is 5.97. The molecule has 136 valence electrons. The average Bonchev–Trinajstić information content (AvgIpc) is 3.13. The van der Waals surface area contributed by atoms with Crippen molar-refractivity contribution >= 4 is 11.8 Å². The zero-order valence-electron chi connectivity index (χ0n) is 14.9. The average molecular weight is 354 g/mol. The van der Waals surface area contributed by atoms with Crippen LogP contribution in [0.1, 0.15) is 29.8 Å². The Hall–Kier alpha value is -3.02. The standard InChI is InChI=1S/C20H22N2O4/c1-20(2,15-6-4-3-5-7-15)12-22-18(23)11-21-19(24)14-8-9-16-17(10-14)26-13-25-16/h3-10H,11-13H2,1-2H3,(H,21,24)(H,22,23). The van der Waals surface area contributed by atoms with E-state index in [1.807, 2.05) is 30.3 Å². The van der Waals surface area contributed by atoms with Crippen molar-refractivity contribution in [1.82, 2.24) is 10.6 Å². The molecule has 0 radical (unpaired) electrons. The maximum Gasteiger partial charge on any atom is 0.251 e. The van der Waals surface area contributed by atoms with E-state index in [1.54, 1.807) is 18.2 Å². The van der Waals surface area contributed by atoms with E-state index in [0.29, 0.717) is 23.6 Å². The number of carbonyl (C=O) groups excluding carboxylic acids is 2. The maximum absolute atomic E-state index is 12.2. The van der Waals surface area contributed by atoms with Crippen LogP contribution in [0.25, 0.3) is 0 Å². The number of hydrogen-bond donors (Lipinski definition) is 2. The van der Waals surface area contributed by atoms with Crippen molar-refractivity contribution in [2.24, 2.45) is 0 Å². The van der Waals surface area contributed by atoms with Gasteiger partial charge in [0.15, 0.2) is 11.5 Å². The first-order valence-corrected chi connectivity index (χ1v) is 8.46. The summed E-state index contributed by atoms with van der Waals surface area (Å²) in [6.45, 7) is 4.68. The third-order valence-electron chi connectivity index (χ3n) is 4.33. The van der Waals surface area contributed by atoms with Crippen LogP contribution in [0.15, 0.2) is 48.5 Å². The topological polar surface area (TPSA) is 76.7 Å². The van der Waals surface area contributed by atoms with Gasteiger partial charge in [-0.2, -0.15) is 0 Å². The van der Waals surface area contributed by atoms with Crippen molar-refractivity contribution in [1.29, 1.82) is 0 Å². The Balaban J connectivity index is 1.49. The molecule has 6 heteroatoms. The van der Waals surface area contributed by atoms with Crippen molar-refractivity contribution in [2.45, 2.75) is 19.3 Å². The second kappa shape index (κ2) is 7.47. The van der Waals surface area contributed by atoms with Crippen LogP contribution in [0.4, 0.5) is 0 Å². The lowest BCUT2D eigenvalue weighted by Crippen LogP contribution is -2.42. The number of benzene rings is 2. The first-order valence-electron chi connectivity index (χ1n) is 8.46. The summed E-state index contributed by atoms with van der Waals surface area (Å²) in [6, 6.07) is 14.9. The van der Waals surface area contributed by atoms with E-state index < -0.39 is 0 Å². The molecule has 2 aromatic rings. The molecule has 0 fully saturated rings. The minimum absolute atomic E-state index is 0.0852. The molecule has 0 atom stereocenters. The zero-order valence-corrected chi connectivity index (χ0v) is 14.9. The fraction of sp³-hybridized carbons (Fsp3) is 0.300. The van der Waals surface area contributed by atoms with Gasteiger partial charge in [-0.15, -0.1) is 0 Å². The molecule has 0 saturated carbocycles. The first-order chi connectivity index (χ1) is 12.5. The molecule has 2 N–H and O–H groups in total. The van der Waals surface area contributed by atoms with Crippen molar-refractivity contribution in [3.05, 3.63) is 59.7 Å². The Morgan fingerprint density at radius 2 is 1.73 bits per heavy atom. The minimum atomic E-state index is -0.333. The van der Waals surface area contributed by atoms with Gasteiger partial charge in [0.2, 0.25) is 12.7 Å². The van der Waals surface area contributed by atoms with E-state index in [-0.39, 0.29) is 30.6 Å². The van der Waals surface area contributed by atoms with Crippen LogP contribution in [0.3, 0.4) is 0 Å². The summed E-state index contributed by atoms with van der Waals surface area (Å²) in [4.78, 5) is 24.3. The lowest BCUT2D eigenvalue weighted by atomic mass is 9.84. The van der Waals surface area contributed by atoms with Gasteiger partial charge >= 0.3 is 0 Å². The van der Waals surface area contributed by atoms with E-state index in [9.17, 15) is 9.59 Å². The number of amides is 2. The maximum atomic E-state index is 12.2. The zero-order chi connectivity index (χ0) is 18.6. The summed E-state index contributed by atoms with van der Waals surface area (Å²) in [5.74, 6) is 0.581. The second-order valence-electron chi connectivity index (χ2n) is 6.78. The summed E-state index contributed by atoms with van der Waals surface area (Å²) in [6.07, 6.45) is 0. The predicted octanol–water partition coefficient (Wildman–Crippen LogP) is 2.24. The summed E-state index contributed by atoms with van der Waals surface area (Å²) < 4.78 is 10.5. The molecule has 2 amide bonds. The third-order valence-corrected chi connectivity index (χ3v) is 4.33. The molecule has 1 aliphatic heterocycles. The normalized spacial score (nSPS) is 12.5. The Morgan fingerprint density at radius 3 is 2.50 bits per heavy atom. The van der Waals surface area contributed by atoms with Gasteiger partial charge in [-0.25, -0.2) is 0 Å². The van der Waals surface area contributed by atoms with E-state index in [0.717, 1.165) is 5.56 Å². The number of ether oxygens (including phenoxy) is 2. The smallest absolute Gasteiger partial charge is 0.251 e. The molecule has 0 spiro atoms. The van der Waals surface area contributed by atoms with Gasteiger partial charge in [-0.1, -0.05) is 44.2 Å². The van der Waals surface area contributed by atoms with Gasteiger partial charge in [-0.05, 0) is 23.8 Å². The molecule has 2 aromatic carbocycles. The fourth-order valence-corrected chi connectivity index (χ4v) is 2.67. The summed E-state index contributed by atoms with van der Waals surface area (Å²) in [5, 5.41) is 5.49. The van der Waals surface area contributed by atoms with Crippen LogP contribution >= 0.6 is 0 Å². The minimum Gasteiger partial charge on any atom is -0.454 e. The Bertz CT molecular complexity index is 803. The molecule has 1 aliphatic rings. The molecule has 0 aromatic heterocycles. The van der Waals surface area contributed by atoms with Crippen LogP contribution in [0, 0.1) is 0 Å². The largest absolute Gasteiger partial charge is 0.454 e. The summed E-state index contributed by atoms with van der Waals surface area (Å²) in [5.41, 5.74) is 1.37. The van der Waals surface area contributed by atoms with Gasteiger partial charge in [0.25, 0.3) is 5.91 Å². The van der Waals surface area contributed by atoms with Gasteiger partial charge in [0.05, 0.1) is 6.54 Å². The van der Waals surface area contributed by atoms with E-state index >= 15 is 0 Å². The van der Waals surface area contributed by atoms with Crippen molar-refractivity contribution < 1.29 is 19.1 Å². The molecule has 6 nitrogen and oxygen atoms in total. The lowest BCUT2D eigenvalue weighted by molar-refractivity contribution is -0.120. The molecule has 0 unspecified atom stereocenters. The molecule has 0 bridgehead atoms. The number of nitrogens with one attached hydrogen (secondary N) is 2. The molecule has 0 saturated heterocycles. The van der Waals surface area contributed by atoms with E-state index in [4.69, 9.17) is 9.47 Å². The Morgan fingerprint density at radius 1 is 1.00 bits per heavy atom. The molecular weight excluding hydrogens is 332 g/mol. The monoisotopic (exact) mass is 354 g/mol. The van der Waals surface area contributed by atoms with E-state index in [2.05, 4.69) is 24.5 Å². The molecule has 0 aliphatic carbocycles. The van der Waals surface area contributed by atoms with Crippen molar-refractivity contribution in [3.63, 3.8) is 0 Å². The Kier molecular flexibility index (Phi) is 5.11. The summed E-state index contributed by atoms with van der Waals surface area (Å²) in [7, 11) is 0. The fourth-order valence-electron chi connectivity index (χ4n) is 2.67. The van der Waals surface area contributed by atoms with Crippen molar-refractivity contribution in [3.8, 4) is 11.5 Å². The van der Waals surface area contributed by atoms with Gasteiger partial charge in [0.1, 0.15) is 0 Å². The SMILES string of the molecule is CC(C)(CNC(=O)CNC(=O)c1ccc2c(c1)OCO2)c1ccccc1. The van der Waals surface area contributed by atoms with Gasteiger partial charge in [-0.3, -0.25) is 9.59 Å². The van der Waals surface area contributed by atoms with Gasteiger partial charge < -0.3 is 20.1 Å². The number of fused-ring (bicyclic) bond motifs is 1. The molecular formula is C20H22N2O4.